The van der Waals surface area contributed by atoms with Crippen molar-refractivity contribution in [2.24, 2.45) is 4.99 Å². The molecule has 0 unspecified atom stereocenters. The lowest BCUT2D eigenvalue weighted by atomic mass is 10.1. The number of carbonyl (C=O) groups is 1. The Morgan fingerprint density at radius 2 is 1.71 bits per heavy atom. The summed E-state index contributed by atoms with van der Waals surface area (Å²) >= 11 is 0. The van der Waals surface area contributed by atoms with E-state index in [9.17, 15) is 4.79 Å². The third kappa shape index (κ3) is 7.14. The molecule has 0 aliphatic rings. The first kappa shape index (κ1) is 23.9. The van der Waals surface area contributed by atoms with Crippen LogP contribution in [0.25, 0.3) is 0 Å². The summed E-state index contributed by atoms with van der Waals surface area (Å²) < 4.78 is 0. The average molecular weight is 494 g/mol. The Morgan fingerprint density at radius 1 is 1.04 bits per heavy atom. The van der Waals surface area contributed by atoms with Crippen LogP contribution in [-0.4, -0.2) is 37.4 Å². The van der Waals surface area contributed by atoms with E-state index in [0.717, 1.165) is 24.6 Å². The first-order valence-electron chi connectivity index (χ1n) is 9.29. The number of nitrogens with zero attached hydrogens (tertiary/aromatic N) is 2. The smallest absolute Gasteiger partial charge is 0.253 e. The Morgan fingerprint density at radius 3 is 2.29 bits per heavy atom. The summed E-state index contributed by atoms with van der Waals surface area (Å²) in [7, 11) is 3.51. The molecule has 0 saturated heterocycles. The molecule has 6 heteroatoms. The molecular weight excluding hydrogens is 463 g/mol. The molecular formula is C22H31IN4O. The monoisotopic (exact) mass is 494 g/mol. The van der Waals surface area contributed by atoms with Gasteiger partial charge >= 0.3 is 0 Å². The van der Waals surface area contributed by atoms with Crippen molar-refractivity contribution >= 4 is 35.8 Å². The maximum atomic E-state index is 12.0. The number of hydrogen-bond donors (Lipinski definition) is 2. The van der Waals surface area contributed by atoms with E-state index in [1.807, 2.05) is 24.3 Å². The summed E-state index contributed by atoms with van der Waals surface area (Å²) in [4.78, 5) is 18.2. The lowest BCUT2D eigenvalue weighted by Gasteiger charge is -2.13. The first-order chi connectivity index (χ1) is 12.9. The maximum Gasteiger partial charge on any atom is 0.253 e. The third-order valence-electron chi connectivity index (χ3n) is 4.32. The molecule has 1 amide bonds. The summed E-state index contributed by atoms with van der Waals surface area (Å²) in [5.41, 5.74) is 5.56. The lowest BCUT2D eigenvalue weighted by Crippen LogP contribution is -2.36. The van der Waals surface area contributed by atoms with E-state index in [4.69, 9.17) is 0 Å². The van der Waals surface area contributed by atoms with Gasteiger partial charge < -0.3 is 15.5 Å². The van der Waals surface area contributed by atoms with Crippen LogP contribution in [0.2, 0.25) is 0 Å². The summed E-state index contributed by atoms with van der Waals surface area (Å²) in [5, 5.41) is 6.67. The van der Waals surface area contributed by atoms with Crippen molar-refractivity contribution in [2.75, 3.05) is 20.6 Å². The molecule has 5 nitrogen and oxygen atoms in total. The van der Waals surface area contributed by atoms with Gasteiger partial charge in [-0.25, -0.2) is 4.99 Å². The second-order valence-corrected chi connectivity index (χ2v) is 6.88. The average Bonchev–Trinajstić information content (AvgIpc) is 2.65. The van der Waals surface area contributed by atoms with Gasteiger partial charge in [0.25, 0.3) is 5.91 Å². The van der Waals surface area contributed by atoms with Gasteiger partial charge in [-0.3, -0.25) is 4.79 Å². The van der Waals surface area contributed by atoms with Gasteiger partial charge in [0.15, 0.2) is 5.96 Å². The molecule has 0 saturated carbocycles. The van der Waals surface area contributed by atoms with Gasteiger partial charge in [-0.1, -0.05) is 35.9 Å². The van der Waals surface area contributed by atoms with Gasteiger partial charge in [0.2, 0.25) is 0 Å². The number of guanidine groups is 1. The molecule has 0 heterocycles. The Kier molecular flexibility index (Phi) is 9.99. The number of aliphatic imine (C=N–C) groups is 1. The van der Waals surface area contributed by atoms with E-state index in [1.165, 1.54) is 16.7 Å². The molecule has 0 aliphatic heterocycles. The quantitative estimate of drug-likeness (QED) is 0.364. The van der Waals surface area contributed by atoms with Gasteiger partial charge in [0.1, 0.15) is 0 Å². The van der Waals surface area contributed by atoms with Crippen LogP contribution in [0.1, 0.15) is 39.5 Å². The van der Waals surface area contributed by atoms with Crippen molar-refractivity contribution in [3.63, 3.8) is 0 Å². The van der Waals surface area contributed by atoms with Crippen molar-refractivity contribution in [1.82, 2.24) is 15.5 Å². The van der Waals surface area contributed by atoms with Gasteiger partial charge in [-0.15, -0.1) is 24.0 Å². The summed E-state index contributed by atoms with van der Waals surface area (Å²) in [6.45, 7) is 8.37. The summed E-state index contributed by atoms with van der Waals surface area (Å²) in [6.07, 6.45) is 0. The second kappa shape index (κ2) is 11.7. The van der Waals surface area contributed by atoms with Gasteiger partial charge in [0, 0.05) is 32.7 Å². The Bertz CT molecular complexity index is 801. The van der Waals surface area contributed by atoms with Crippen molar-refractivity contribution in [3.8, 4) is 0 Å². The van der Waals surface area contributed by atoms with E-state index in [2.05, 4.69) is 54.6 Å². The van der Waals surface area contributed by atoms with Crippen LogP contribution in [0.3, 0.4) is 0 Å². The Labute approximate surface area is 185 Å². The van der Waals surface area contributed by atoms with Gasteiger partial charge in [-0.2, -0.15) is 0 Å². The number of halogens is 1. The predicted octanol–water partition coefficient (Wildman–Crippen LogP) is 3.88. The van der Waals surface area contributed by atoms with E-state index in [-0.39, 0.29) is 29.9 Å². The van der Waals surface area contributed by atoms with Crippen LogP contribution in [-0.2, 0) is 13.1 Å². The van der Waals surface area contributed by atoms with E-state index < -0.39 is 0 Å². The molecule has 0 aromatic heterocycles. The SMILES string of the molecule is CCNC(=NCc1ccc(C(=O)N(C)C)cc1)NCc1ccc(C)cc1C.I. The number of rotatable bonds is 6. The molecule has 0 spiro atoms. The van der Waals surface area contributed by atoms with Crippen LogP contribution >= 0.6 is 24.0 Å². The first-order valence-corrected chi connectivity index (χ1v) is 9.29. The largest absolute Gasteiger partial charge is 0.357 e. The lowest BCUT2D eigenvalue weighted by molar-refractivity contribution is 0.0827. The normalized spacial score (nSPS) is 10.8. The summed E-state index contributed by atoms with van der Waals surface area (Å²) in [6, 6.07) is 14.1. The molecule has 0 fully saturated rings. The number of benzene rings is 2. The molecule has 0 aliphatic carbocycles. The third-order valence-corrected chi connectivity index (χ3v) is 4.32. The standard InChI is InChI=1S/C22H30N4O.HI/c1-6-23-22(25-15-20-10-7-16(2)13-17(20)3)24-14-18-8-11-19(12-9-18)21(27)26(4)5;/h7-13H,6,14-15H2,1-5H3,(H2,23,24,25);1H. The van der Waals surface area contributed by atoms with Crippen molar-refractivity contribution in [2.45, 2.75) is 33.9 Å². The highest BCUT2D eigenvalue weighted by atomic mass is 127. The molecule has 0 atom stereocenters. The molecule has 28 heavy (non-hydrogen) atoms. The van der Waals surface area contributed by atoms with E-state index in [0.29, 0.717) is 12.1 Å². The minimum Gasteiger partial charge on any atom is -0.357 e. The zero-order valence-electron chi connectivity index (χ0n) is 17.4. The fourth-order valence-electron chi connectivity index (χ4n) is 2.75. The van der Waals surface area contributed by atoms with Crippen LogP contribution < -0.4 is 10.6 Å². The van der Waals surface area contributed by atoms with Crippen molar-refractivity contribution in [1.29, 1.82) is 0 Å². The molecule has 2 rings (SSSR count). The zero-order valence-corrected chi connectivity index (χ0v) is 19.7. The molecule has 2 aromatic carbocycles. The van der Waals surface area contributed by atoms with E-state index in [1.54, 1.807) is 19.0 Å². The molecule has 0 bridgehead atoms. The number of aryl methyl sites for hydroxylation is 2. The fraction of sp³-hybridized carbons (Fsp3) is 0.364. The topological polar surface area (TPSA) is 56.7 Å². The van der Waals surface area contributed by atoms with Crippen LogP contribution in [0, 0.1) is 13.8 Å². The van der Waals surface area contributed by atoms with Crippen molar-refractivity contribution in [3.05, 3.63) is 70.3 Å². The molecule has 2 aromatic rings. The Balaban J connectivity index is 0.00000392. The predicted molar refractivity (Wildman–Crippen MR) is 127 cm³/mol. The molecule has 152 valence electrons. The van der Waals surface area contributed by atoms with Crippen LogP contribution in [0.15, 0.2) is 47.5 Å². The molecule has 0 radical (unpaired) electrons. The highest BCUT2D eigenvalue weighted by Crippen LogP contribution is 2.10. The van der Waals surface area contributed by atoms with Crippen molar-refractivity contribution < 1.29 is 4.79 Å². The minimum atomic E-state index is 0. The highest BCUT2D eigenvalue weighted by Gasteiger charge is 2.07. The highest BCUT2D eigenvalue weighted by molar-refractivity contribution is 14.0. The zero-order chi connectivity index (χ0) is 19.8. The fourth-order valence-corrected chi connectivity index (χ4v) is 2.75. The van der Waals surface area contributed by atoms with Gasteiger partial charge in [0.05, 0.1) is 6.54 Å². The second-order valence-electron chi connectivity index (χ2n) is 6.88. The number of nitrogens with one attached hydrogen (secondary N) is 2. The Hall–Kier alpha value is -2.09. The van der Waals surface area contributed by atoms with Gasteiger partial charge in [-0.05, 0) is 49.6 Å². The number of hydrogen-bond acceptors (Lipinski definition) is 2. The maximum absolute atomic E-state index is 12.0. The molecule has 2 N–H and O–H groups in total. The minimum absolute atomic E-state index is 0. The van der Waals surface area contributed by atoms with Crippen LogP contribution in [0.5, 0.6) is 0 Å². The van der Waals surface area contributed by atoms with Crippen LogP contribution in [0.4, 0.5) is 0 Å². The van der Waals surface area contributed by atoms with E-state index >= 15 is 0 Å². The summed E-state index contributed by atoms with van der Waals surface area (Å²) in [5.74, 6) is 0.791. The number of carbonyl (C=O) groups excluding carboxylic acids is 1. The number of amides is 1.